The summed E-state index contributed by atoms with van der Waals surface area (Å²) in [6.07, 6.45) is 39.4. The Morgan fingerprint density at radius 3 is 1.07 bits per heavy atom. The third-order valence-corrected chi connectivity index (χ3v) is 28.3. The minimum absolute atomic E-state index is 0.0540. The van der Waals surface area contributed by atoms with Crippen LogP contribution in [0.3, 0.4) is 0 Å². The summed E-state index contributed by atoms with van der Waals surface area (Å²) in [5, 5.41) is 52.7. The number of carbonyl (C=O) groups is 8. The van der Waals surface area contributed by atoms with Gasteiger partial charge in [0.25, 0.3) is 29.5 Å². The van der Waals surface area contributed by atoms with E-state index in [4.69, 9.17) is 9.47 Å². The average molecular weight is 1990 g/mol. The molecular weight excluding hydrogens is 1880 g/mol. The van der Waals surface area contributed by atoms with Crippen LogP contribution in [0.5, 0.6) is 11.5 Å². The number of hydrogen-bond acceptors (Lipinski definition) is 25. The molecule has 34 heteroatoms. The number of likely N-dealkylation sites (tertiary alicyclic amines) is 2. The minimum atomic E-state index is -0.371. The quantitative estimate of drug-likeness (QED) is 0.0206. The van der Waals surface area contributed by atoms with E-state index in [1.165, 1.54) is 63.3 Å². The van der Waals surface area contributed by atoms with E-state index in [1.807, 2.05) is 146 Å². The molecule has 6 aliphatic rings. The number of pyridine rings is 8. The Kier molecular flexibility index (Phi) is 31.5. The number of para-hydroxylation sites is 1. The fourth-order valence-corrected chi connectivity index (χ4v) is 20.2. The van der Waals surface area contributed by atoms with E-state index in [2.05, 4.69) is 124 Å². The number of aliphatic hydroxyl groups is 1. The highest BCUT2D eigenvalue weighted by Gasteiger charge is 2.29. The van der Waals surface area contributed by atoms with Gasteiger partial charge in [-0.25, -0.2) is 4.98 Å². The van der Waals surface area contributed by atoms with Crippen molar-refractivity contribution in [3.05, 3.63) is 313 Å². The van der Waals surface area contributed by atoms with Gasteiger partial charge in [-0.05, 0) is 210 Å². The lowest BCUT2D eigenvalue weighted by atomic mass is 9.99. The zero-order chi connectivity index (χ0) is 102. The fraction of sp³-hybridized carbons (Fsp3) is 0.287. The molecule has 0 unspecified atom stereocenters. The zero-order valence-electron chi connectivity index (χ0n) is 82.3. The number of rotatable bonds is 28. The summed E-state index contributed by atoms with van der Waals surface area (Å²) in [5.41, 5.74) is 17.6. The number of H-pyrrole nitrogens is 4. The molecule has 15 heterocycles. The number of nitrogens with zero attached hydrogens (tertiary/aromatic N) is 15. The molecule has 12 aromatic heterocycles. The maximum absolute atomic E-state index is 13.2. The van der Waals surface area contributed by atoms with Gasteiger partial charge in [-0.3, -0.25) is 103 Å². The first-order valence-electron chi connectivity index (χ1n) is 51.0. The topological polar surface area (TPSA) is 451 Å². The molecule has 5 aromatic carbocycles. The van der Waals surface area contributed by atoms with E-state index in [0.717, 1.165) is 219 Å². The molecule has 23 rings (SSSR count). The molecule has 3 aliphatic heterocycles. The third-order valence-electron chi connectivity index (χ3n) is 28.3. The van der Waals surface area contributed by atoms with E-state index < -0.39 is 0 Å². The number of aromatic nitrogens is 16. The Morgan fingerprint density at radius 2 is 0.691 bits per heavy atom. The Balaban J connectivity index is 0.000000121. The summed E-state index contributed by atoms with van der Waals surface area (Å²) in [4.78, 5) is 143. The van der Waals surface area contributed by atoms with E-state index in [-0.39, 0.29) is 70.1 Å². The number of amides is 5. The second-order valence-electron chi connectivity index (χ2n) is 38.8. The fourth-order valence-electron chi connectivity index (χ4n) is 20.2. The monoisotopic (exact) mass is 1990 g/mol. The first-order valence-corrected chi connectivity index (χ1v) is 51.0. The first-order chi connectivity index (χ1) is 72.9. The van der Waals surface area contributed by atoms with Crippen LogP contribution in [0, 0.1) is 17.8 Å². The Labute approximate surface area is 858 Å². The molecule has 149 heavy (non-hydrogen) atoms. The average Bonchev–Trinajstić information content (AvgIpc) is 1.64. The molecule has 0 atom stereocenters. The number of carbonyl (C=O) groups excluding carboxylic acids is 8. The van der Waals surface area contributed by atoms with Gasteiger partial charge in [0, 0.05) is 159 Å². The number of piperidine rings is 1. The van der Waals surface area contributed by atoms with Gasteiger partial charge in [-0.1, -0.05) is 126 Å². The van der Waals surface area contributed by atoms with Gasteiger partial charge in [0.2, 0.25) is 0 Å². The third kappa shape index (κ3) is 25.1. The molecule has 0 radical (unpaired) electrons. The van der Waals surface area contributed by atoms with Crippen LogP contribution in [-0.4, -0.2) is 206 Å². The molecule has 0 bridgehead atoms. The lowest BCUT2D eigenvalue weighted by molar-refractivity contribution is 0.0341. The molecule has 6 fully saturated rings. The standard InChI is InChI=1S/C31H34N6O3.C31H27N5O3.C30H32N6O3.C23H20N6O2/c38-25-9-11-37(12-10-25)19-21-13-23(17-32-16-21)22-5-7-27-26(15-22)30(36-35-27)31(40)34-24-6-8-28(33-18-24)29(39)14-20-3-1-2-4-20;37-29(14-20-6-4-5-7-20)28-13-11-23(18-33-28)34-31(38)30-26-16-21(10-12-27(26)35-36-30)22-15-25(19-32-17-22)39-24-8-2-1-3-9-24;37-28(14-20-3-1-2-4-20)27-8-6-24(18-32-27)33-30(38)29-25-15-22(5-7-26(25)34-35-29)23-13-21(16-31-17-23)19-36-9-11-39-12-10-36;30-22(26-17-6-8-20(25-14-17)23(31)29-10-1-2-11-29)21-18-12-15(5-7-19(18)27-28-21)16-4-3-9-24-13-16/h5-8,13,15-18,20,25,38H,1-4,9-12,14,19H2,(H,34,40)(H,35,36);1-3,8-13,15-20H,4-7,14H2,(H,34,38)(H,35,36);5-8,13,15-18,20H,1-4,9-12,14,19H2,(H,33,38)(H,34,35);3-9,12-14H,1-2,10-11H2,(H,26,30)(H,27,28). The Bertz CT molecular complexity index is 7630. The van der Waals surface area contributed by atoms with Crippen LogP contribution in [-0.2, 0) is 17.8 Å². The lowest BCUT2D eigenvalue weighted by Gasteiger charge is -2.29. The van der Waals surface area contributed by atoms with Gasteiger partial charge in [-0.2, -0.15) is 20.4 Å². The number of ketones is 3. The van der Waals surface area contributed by atoms with Crippen molar-refractivity contribution in [3.8, 4) is 56.0 Å². The number of fused-ring (bicyclic) bond motifs is 4. The lowest BCUT2D eigenvalue weighted by Crippen LogP contribution is -2.35. The summed E-state index contributed by atoms with van der Waals surface area (Å²) < 4.78 is 11.4. The second kappa shape index (κ2) is 47.1. The highest BCUT2D eigenvalue weighted by Crippen LogP contribution is 2.37. The van der Waals surface area contributed by atoms with Crippen LogP contribution in [0.15, 0.2) is 256 Å². The molecule has 17 aromatic rings. The van der Waals surface area contributed by atoms with Crippen LogP contribution in [0.25, 0.3) is 88.1 Å². The van der Waals surface area contributed by atoms with Crippen molar-refractivity contribution in [1.29, 1.82) is 0 Å². The van der Waals surface area contributed by atoms with Crippen molar-refractivity contribution in [2.45, 2.75) is 141 Å². The van der Waals surface area contributed by atoms with Crippen LogP contribution in [0.4, 0.5) is 22.7 Å². The van der Waals surface area contributed by atoms with E-state index in [1.54, 1.807) is 78.2 Å². The maximum Gasteiger partial charge on any atom is 0.276 e. The van der Waals surface area contributed by atoms with Crippen LogP contribution in [0.1, 0.15) is 217 Å². The smallest absolute Gasteiger partial charge is 0.276 e. The number of hydrogen-bond donors (Lipinski definition) is 9. The number of Topliss-reactive ketones (excluding diaryl/α,β-unsaturated/α-hetero) is 3. The van der Waals surface area contributed by atoms with Gasteiger partial charge < -0.3 is 40.7 Å². The van der Waals surface area contributed by atoms with Crippen molar-refractivity contribution in [2.24, 2.45) is 17.8 Å². The molecule has 754 valence electrons. The van der Waals surface area contributed by atoms with Gasteiger partial charge >= 0.3 is 0 Å². The molecule has 5 amide bonds. The van der Waals surface area contributed by atoms with E-state index >= 15 is 0 Å². The zero-order valence-corrected chi connectivity index (χ0v) is 82.3. The summed E-state index contributed by atoms with van der Waals surface area (Å²) in [6, 6.07) is 56.3. The van der Waals surface area contributed by atoms with Crippen molar-refractivity contribution < 1.29 is 52.9 Å². The van der Waals surface area contributed by atoms with Gasteiger partial charge in [-0.15, -0.1) is 0 Å². The predicted octanol–water partition coefficient (Wildman–Crippen LogP) is 20.2. The predicted molar refractivity (Wildman–Crippen MR) is 567 cm³/mol. The highest BCUT2D eigenvalue weighted by molar-refractivity contribution is 6.15. The summed E-state index contributed by atoms with van der Waals surface area (Å²) >= 11 is 0. The molecule has 0 spiro atoms. The number of anilines is 4. The minimum Gasteiger partial charge on any atom is -0.456 e. The van der Waals surface area contributed by atoms with Crippen molar-refractivity contribution >= 4 is 113 Å². The molecule has 3 aliphatic carbocycles. The molecular formula is C115H113N23O11. The maximum atomic E-state index is 13.2. The van der Waals surface area contributed by atoms with Crippen LogP contribution in [0.2, 0.25) is 0 Å². The Hall–Kier alpha value is -16.8. The summed E-state index contributed by atoms with van der Waals surface area (Å²) in [7, 11) is 0. The van der Waals surface area contributed by atoms with Crippen molar-refractivity contribution in [3.63, 3.8) is 0 Å². The SMILES string of the molecule is O=C(CC1CCCC1)c1ccc(NC(=O)c2n[nH]c3ccc(-c4cncc(CN5CCC(O)CC5)c4)cc23)cn1.O=C(CC1CCCC1)c1ccc(NC(=O)c2n[nH]c3ccc(-c4cncc(CN5CCOCC5)c4)cc23)cn1.O=C(CC1CCCC1)c1ccc(NC(=O)c2n[nH]c3ccc(-c4cncc(Oc5ccccc5)c4)cc23)cn1.O=C(Nc1ccc(C(=O)N2CCCC2)nc1)c1n[nH]c2ccc(-c3cccnc3)cc12. The van der Waals surface area contributed by atoms with Gasteiger partial charge in [0.05, 0.1) is 95.1 Å². The van der Waals surface area contributed by atoms with Crippen molar-refractivity contribution in [2.75, 3.05) is 73.7 Å². The van der Waals surface area contributed by atoms with E-state index in [0.29, 0.717) is 110 Å². The van der Waals surface area contributed by atoms with Crippen molar-refractivity contribution in [1.82, 2.24) is 95.4 Å². The number of ether oxygens (including phenoxy) is 2. The number of benzene rings is 5. The molecule has 9 N–H and O–H groups in total. The summed E-state index contributed by atoms with van der Waals surface area (Å²) in [6.45, 7) is 8.25. The highest BCUT2D eigenvalue weighted by atomic mass is 16.5. The molecule has 3 saturated carbocycles. The first kappa shape index (κ1) is 99.5. The molecule has 3 saturated heterocycles. The number of aromatic amines is 4. The molecule has 34 nitrogen and oxygen atoms in total. The number of nitrogens with one attached hydrogen (secondary N) is 8. The second-order valence-corrected chi connectivity index (χ2v) is 38.8. The normalized spacial score (nSPS) is 15.2. The number of aliphatic hydroxyl groups excluding tert-OH is 1. The van der Waals surface area contributed by atoms with Crippen LogP contribution >= 0.6 is 0 Å². The number of morpholine rings is 1. The van der Waals surface area contributed by atoms with Gasteiger partial charge in [0.1, 0.15) is 34.3 Å². The largest absolute Gasteiger partial charge is 0.456 e. The summed E-state index contributed by atoms with van der Waals surface area (Å²) in [5.74, 6) is 1.43. The van der Waals surface area contributed by atoms with E-state index in [9.17, 15) is 43.5 Å². The Morgan fingerprint density at radius 1 is 0.329 bits per heavy atom. The van der Waals surface area contributed by atoms with Gasteiger partial charge in [0.15, 0.2) is 40.1 Å². The van der Waals surface area contributed by atoms with Crippen LogP contribution < -0.4 is 26.0 Å².